The molecule has 0 aliphatic heterocycles. The van der Waals surface area contributed by atoms with Crippen molar-refractivity contribution in [3.63, 3.8) is 0 Å². The van der Waals surface area contributed by atoms with E-state index in [0.717, 1.165) is 18.7 Å². The van der Waals surface area contributed by atoms with E-state index in [1.54, 1.807) is 19.5 Å². The number of nitrogens with zero attached hydrogens (tertiary/aromatic N) is 3. The Morgan fingerprint density at radius 3 is 2.52 bits per heavy atom. The van der Waals surface area contributed by atoms with Gasteiger partial charge in [0, 0.05) is 17.9 Å². The van der Waals surface area contributed by atoms with Gasteiger partial charge in [-0.15, -0.1) is 0 Å². The molecule has 1 aliphatic carbocycles. The van der Waals surface area contributed by atoms with E-state index in [1.807, 2.05) is 0 Å². The van der Waals surface area contributed by atoms with Crippen LogP contribution in [0.5, 0.6) is 5.88 Å². The largest absolute Gasteiger partial charge is 0.480 e. The van der Waals surface area contributed by atoms with Crippen molar-refractivity contribution < 1.29 is 4.74 Å². The van der Waals surface area contributed by atoms with Gasteiger partial charge in [-0.1, -0.05) is 19.8 Å². The van der Waals surface area contributed by atoms with Crippen molar-refractivity contribution >= 4 is 0 Å². The van der Waals surface area contributed by atoms with Crippen LogP contribution in [0.15, 0.2) is 12.4 Å². The lowest BCUT2D eigenvalue weighted by molar-refractivity contribution is 0.100. The van der Waals surface area contributed by atoms with Crippen LogP contribution in [0, 0.1) is 0 Å². The molecule has 5 heteroatoms. The molecule has 1 aromatic rings. The summed E-state index contributed by atoms with van der Waals surface area (Å²) in [6, 6.07) is 0.151. The Morgan fingerprint density at radius 2 is 1.95 bits per heavy atom. The SMILES string of the molecule is CCCNC(c1nccnc1OC)C1(N(C)C)CCCC1. The minimum atomic E-state index is 0.0957. The van der Waals surface area contributed by atoms with Crippen LogP contribution < -0.4 is 10.1 Å². The number of likely N-dealkylation sites (N-methyl/N-ethyl adjacent to an activating group) is 1. The molecule has 0 spiro atoms. The second-order valence-corrected chi connectivity index (χ2v) is 6.04. The summed E-state index contributed by atoms with van der Waals surface area (Å²) in [5, 5.41) is 3.70. The number of rotatable bonds is 7. The molecular weight excluding hydrogens is 264 g/mol. The predicted octanol–water partition coefficient (Wildman–Crippen LogP) is 2.40. The predicted molar refractivity (Wildman–Crippen MR) is 84.5 cm³/mol. The third-order valence-electron chi connectivity index (χ3n) is 4.65. The quantitative estimate of drug-likeness (QED) is 0.836. The van der Waals surface area contributed by atoms with E-state index in [1.165, 1.54) is 25.7 Å². The van der Waals surface area contributed by atoms with E-state index in [0.29, 0.717) is 5.88 Å². The Kier molecular flexibility index (Phi) is 5.53. The molecule has 0 radical (unpaired) electrons. The second kappa shape index (κ2) is 7.18. The van der Waals surface area contributed by atoms with E-state index in [4.69, 9.17) is 4.74 Å². The van der Waals surface area contributed by atoms with Gasteiger partial charge in [-0.25, -0.2) is 4.98 Å². The maximum Gasteiger partial charge on any atom is 0.237 e. The molecule has 1 aromatic heterocycles. The lowest BCUT2D eigenvalue weighted by Crippen LogP contribution is -2.52. The molecule has 0 bridgehead atoms. The highest BCUT2D eigenvalue weighted by Gasteiger charge is 2.45. The van der Waals surface area contributed by atoms with Gasteiger partial charge < -0.3 is 15.0 Å². The average molecular weight is 292 g/mol. The van der Waals surface area contributed by atoms with E-state index < -0.39 is 0 Å². The van der Waals surface area contributed by atoms with E-state index in [-0.39, 0.29) is 11.6 Å². The Labute approximate surface area is 128 Å². The normalized spacial score (nSPS) is 18.9. The van der Waals surface area contributed by atoms with Crippen LogP contribution in [0.1, 0.15) is 50.8 Å². The van der Waals surface area contributed by atoms with Crippen molar-refractivity contribution in [3.05, 3.63) is 18.1 Å². The molecule has 1 fully saturated rings. The monoisotopic (exact) mass is 292 g/mol. The Hall–Kier alpha value is -1.20. The Morgan fingerprint density at radius 1 is 1.29 bits per heavy atom. The summed E-state index contributed by atoms with van der Waals surface area (Å²) >= 11 is 0. The molecule has 1 unspecified atom stereocenters. The molecule has 5 nitrogen and oxygen atoms in total. The lowest BCUT2D eigenvalue weighted by Gasteiger charge is -2.43. The van der Waals surface area contributed by atoms with Crippen LogP contribution in [0.3, 0.4) is 0 Å². The molecule has 1 aliphatic rings. The topological polar surface area (TPSA) is 50.3 Å². The number of hydrogen-bond acceptors (Lipinski definition) is 5. The summed E-state index contributed by atoms with van der Waals surface area (Å²) in [5.74, 6) is 0.638. The second-order valence-electron chi connectivity index (χ2n) is 6.04. The summed E-state index contributed by atoms with van der Waals surface area (Å²) in [5.41, 5.74) is 1.03. The summed E-state index contributed by atoms with van der Waals surface area (Å²) in [7, 11) is 6.02. The van der Waals surface area contributed by atoms with Crippen LogP contribution in [-0.4, -0.2) is 48.2 Å². The molecule has 1 heterocycles. The number of methoxy groups -OCH3 is 1. The fraction of sp³-hybridized carbons (Fsp3) is 0.750. The molecule has 0 saturated heterocycles. The molecule has 1 N–H and O–H groups in total. The Bertz CT molecular complexity index is 444. The van der Waals surface area contributed by atoms with Crippen molar-refractivity contribution in [2.45, 2.75) is 50.6 Å². The number of nitrogens with one attached hydrogen (secondary N) is 1. The molecule has 0 aromatic carbocycles. The van der Waals surface area contributed by atoms with Crippen molar-refractivity contribution in [2.75, 3.05) is 27.7 Å². The minimum Gasteiger partial charge on any atom is -0.480 e. The van der Waals surface area contributed by atoms with E-state index >= 15 is 0 Å². The highest BCUT2D eigenvalue weighted by Crippen LogP contribution is 2.44. The first-order valence-electron chi connectivity index (χ1n) is 7.91. The first kappa shape index (κ1) is 16.2. The summed E-state index contributed by atoms with van der Waals surface area (Å²) in [4.78, 5) is 11.3. The summed E-state index contributed by atoms with van der Waals surface area (Å²) in [6.45, 7) is 3.16. The number of aromatic nitrogens is 2. The van der Waals surface area contributed by atoms with Crippen molar-refractivity contribution in [3.8, 4) is 5.88 Å². The Balaban J connectivity index is 2.41. The van der Waals surface area contributed by atoms with Gasteiger partial charge in [0.05, 0.1) is 13.2 Å². The van der Waals surface area contributed by atoms with Gasteiger partial charge in [-0.05, 0) is 39.9 Å². The molecular formula is C16H28N4O. The first-order chi connectivity index (χ1) is 10.2. The number of ether oxygens (including phenoxy) is 1. The van der Waals surface area contributed by atoms with E-state index in [9.17, 15) is 0 Å². The lowest BCUT2D eigenvalue weighted by atomic mass is 9.84. The van der Waals surface area contributed by atoms with Gasteiger partial charge in [0.15, 0.2) is 0 Å². The van der Waals surface area contributed by atoms with Gasteiger partial charge >= 0.3 is 0 Å². The van der Waals surface area contributed by atoms with Gasteiger partial charge in [-0.2, -0.15) is 0 Å². The maximum absolute atomic E-state index is 5.46. The van der Waals surface area contributed by atoms with Crippen LogP contribution in [-0.2, 0) is 0 Å². The zero-order valence-electron chi connectivity index (χ0n) is 13.7. The zero-order valence-corrected chi connectivity index (χ0v) is 13.7. The third-order valence-corrected chi connectivity index (χ3v) is 4.65. The van der Waals surface area contributed by atoms with E-state index in [2.05, 4.69) is 41.2 Å². The highest BCUT2D eigenvalue weighted by molar-refractivity contribution is 5.26. The van der Waals surface area contributed by atoms with Crippen LogP contribution in [0.2, 0.25) is 0 Å². The average Bonchev–Trinajstić information content (AvgIpc) is 2.99. The molecule has 1 atom stereocenters. The highest BCUT2D eigenvalue weighted by atomic mass is 16.5. The van der Waals surface area contributed by atoms with Gasteiger partial charge in [-0.3, -0.25) is 4.98 Å². The van der Waals surface area contributed by atoms with Gasteiger partial charge in [0.1, 0.15) is 5.69 Å². The van der Waals surface area contributed by atoms with Crippen LogP contribution >= 0.6 is 0 Å². The fourth-order valence-corrected chi connectivity index (χ4v) is 3.50. The van der Waals surface area contributed by atoms with Crippen LogP contribution in [0.25, 0.3) is 0 Å². The smallest absolute Gasteiger partial charge is 0.237 e. The zero-order chi connectivity index (χ0) is 15.3. The summed E-state index contributed by atoms with van der Waals surface area (Å²) in [6.07, 6.45) is 9.45. The fourth-order valence-electron chi connectivity index (χ4n) is 3.50. The third kappa shape index (κ3) is 3.19. The standard InChI is InChI=1S/C16H28N4O/c1-5-10-18-14(13-15(21-4)19-12-11-17-13)16(20(2)3)8-6-7-9-16/h11-12,14,18H,5-10H2,1-4H3. The molecule has 21 heavy (non-hydrogen) atoms. The number of hydrogen-bond donors (Lipinski definition) is 1. The molecule has 1 saturated carbocycles. The first-order valence-corrected chi connectivity index (χ1v) is 7.91. The minimum absolute atomic E-state index is 0.0957. The summed E-state index contributed by atoms with van der Waals surface area (Å²) < 4.78 is 5.46. The van der Waals surface area contributed by atoms with Gasteiger partial charge in [0.25, 0.3) is 0 Å². The van der Waals surface area contributed by atoms with Crippen molar-refractivity contribution in [1.82, 2.24) is 20.2 Å². The maximum atomic E-state index is 5.46. The molecule has 118 valence electrons. The van der Waals surface area contributed by atoms with Gasteiger partial charge in [0.2, 0.25) is 5.88 Å². The van der Waals surface area contributed by atoms with Crippen molar-refractivity contribution in [2.24, 2.45) is 0 Å². The molecule has 2 rings (SSSR count). The van der Waals surface area contributed by atoms with Crippen molar-refractivity contribution in [1.29, 1.82) is 0 Å². The van der Waals surface area contributed by atoms with Crippen LogP contribution in [0.4, 0.5) is 0 Å². The molecule has 0 amide bonds.